The molecular weight excluding hydrogens is 374 g/mol. The molecule has 2 heterocycles. The summed E-state index contributed by atoms with van der Waals surface area (Å²) in [6.45, 7) is 4.00. The first-order valence-corrected chi connectivity index (χ1v) is 10.2. The predicted octanol–water partition coefficient (Wildman–Crippen LogP) is 5.44. The van der Waals surface area contributed by atoms with Crippen LogP contribution in [0.5, 0.6) is 0 Å². The quantitative estimate of drug-likeness (QED) is 0.556. The maximum absolute atomic E-state index is 13.3. The summed E-state index contributed by atoms with van der Waals surface area (Å²) in [5.41, 5.74) is 3.28. The number of carbonyl (C=O) groups excluding carboxylic acids is 2. The van der Waals surface area contributed by atoms with Gasteiger partial charge in [-0.3, -0.25) is 9.59 Å². The van der Waals surface area contributed by atoms with Crippen molar-refractivity contribution in [3.05, 3.63) is 87.0 Å². The third-order valence-corrected chi connectivity index (χ3v) is 6.50. The molecule has 0 unspecified atom stereocenters. The van der Waals surface area contributed by atoms with Gasteiger partial charge in [0.1, 0.15) is 0 Å². The topological polar surface area (TPSA) is 37.4 Å². The highest BCUT2D eigenvalue weighted by Crippen LogP contribution is 2.42. The van der Waals surface area contributed by atoms with Crippen molar-refractivity contribution in [3.63, 3.8) is 0 Å². The van der Waals surface area contributed by atoms with E-state index in [1.165, 1.54) is 28.0 Å². The van der Waals surface area contributed by atoms with Crippen LogP contribution >= 0.6 is 23.1 Å². The molecule has 27 heavy (non-hydrogen) atoms. The molecule has 1 aliphatic rings. The first-order chi connectivity index (χ1) is 13.1. The second-order valence-corrected chi connectivity index (χ2v) is 8.34. The molecule has 0 bridgehead atoms. The number of carbonyl (C=O) groups is 2. The number of rotatable bonds is 4. The van der Waals surface area contributed by atoms with Crippen LogP contribution in [0.4, 0.5) is 5.69 Å². The summed E-state index contributed by atoms with van der Waals surface area (Å²) in [4.78, 5) is 30.0. The van der Waals surface area contributed by atoms with Crippen molar-refractivity contribution in [2.45, 2.75) is 18.7 Å². The fraction of sp³-hybridized carbons (Fsp3) is 0.0909. The molecule has 0 N–H and O–H groups in total. The van der Waals surface area contributed by atoms with Crippen molar-refractivity contribution in [2.75, 3.05) is 4.90 Å². The molecule has 0 saturated heterocycles. The zero-order chi connectivity index (χ0) is 19.0. The Labute approximate surface area is 166 Å². The van der Waals surface area contributed by atoms with E-state index in [9.17, 15) is 9.59 Å². The van der Waals surface area contributed by atoms with Crippen LogP contribution in [-0.4, -0.2) is 11.8 Å². The van der Waals surface area contributed by atoms with Crippen LogP contribution in [0.1, 0.15) is 16.0 Å². The Balaban J connectivity index is 1.80. The van der Waals surface area contributed by atoms with E-state index in [2.05, 4.69) is 0 Å². The van der Waals surface area contributed by atoms with Crippen LogP contribution in [0.15, 0.2) is 75.8 Å². The molecule has 0 saturated carbocycles. The number of thiophene rings is 1. The summed E-state index contributed by atoms with van der Waals surface area (Å²) in [5, 5.41) is 1.92. The number of imide groups is 1. The minimum Gasteiger partial charge on any atom is -0.268 e. The number of benzene rings is 2. The van der Waals surface area contributed by atoms with Gasteiger partial charge in [-0.2, -0.15) is 0 Å². The first kappa shape index (κ1) is 17.8. The minimum atomic E-state index is -0.263. The molecule has 0 aliphatic carbocycles. The molecular formula is C22H17NO2S2. The van der Waals surface area contributed by atoms with Gasteiger partial charge in [-0.05, 0) is 60.7 Å². The van der Waals surface area contributed by atoms with Crippen LogP contribution in [0.3, 0.4) is 0 Å². The van der Waals surface area contributed by atoms with Gasteiger partial charge in [-0.15, -0.1) is 11.3 Å². The van der Waals surface area contributed by atoms with E-state index in [1.54, 1.807) is 0 Å². The Morgan fingerprint density at radius 1 is 0.852 bits per heavy atom. The van der Waals surface area contributed by atoms with Crippen LogP contribution in [0.25, 0.3) is 5.57 Å². The van der Waals surface area contributed by atoms with Gasteiger partial charge >= 0.3 is 0 Å². The van der Waals surface area contributed by atoms with E-state index in [-0.39, 0.29) is 11.8 Å². The Kier molecular flexibility index (Phi) is 4.72. The first-order valence-electron chi connectivity index (χ1n) is 8.53. The number of hydrogen-bond acceptors (Lipinski definition) is 4. The molecule has 134 valence electrons. The lowest BCUT2D eigenvalue weighted by molar-refractivity contribution is -0.119. The number of aryl methyl sites for hydroxylation is 2. The molecule has 0 atom stereocenters. The average molecular weight is 392 g/mol. The maximum Gasteiger partial charge on any atom is 0.272 e. The Morgan fingerprint density at radius 3 is 2.30 bits per heavy atom. The third kappa shape index (κ3) is 3.24. The molecule has 0 spiro atoms. The zero-order valence-corrected chi connectivity index (χ0v) is 16.6. The van der Waals surface area contributed by atoms with Crippen molar-refractivity contribution in [1.29, 1.82) is 0 Å². The number of thioether (sulfide) groups is 1. The monoisotopic (exact) mass is 391 g/mol. The molecule has 0 fully saturated rings. The lowest BCUT2D eigenvalue weighted by Crippen LogP contribution is -2.31. The largest absolute Gasteiger partial charge is 0.272 e. The normalized spacial score (nSPS) is 14.4. The molecule has 1 aliphatic heterocycles. The summed E-state index contributed by atoms with van der Waals surface area (Å²) in [7, 11) is 0. The number of nitrogens with zero attached hydrogens (tertiary/aromatic N) is 1. The standard InChI is InChI=1S/C22H17NO2S2/c1-14-10-11-16(13-15(14)2)23-21(24)19(18-9-6-12-26-18)20(22(23)25)27-17-7-4-3-5-8-17/h3-13H,1-2H3. The molecule has 0 radical (unpaired) electrons. The zero-order valence-electron chi connectivity index (χ0n) is 14.9. The number of hydrogen-bond donors (Lipinski definition) is 0. The molecule has 5 heteroatoms. The van der Waals surface area contributed by atoms with Gasteiger partial charge in [-0.25, -0.2) is 4.90 Å². The highest BCUT2D eigenvalue weighted by Gasteiger charge is 2.40. The van der Waals surface area contributed by atoms with Gasteiger partial charge in [0, 0.05) is 9.77 Å². The summed E-state index contributed by atoms with van der Waals surface area (Å²) in [6, 6.07) is 19.1. The highest BCUT2D eigenvalue weighted by molar-refractivity contribution is 8.04. The van der Waals surface area contributed by atoms with Gasteiger partial charge in [-0.1, -0.05) is 42.1 Å². The van der Waals surface area contributed by atoms with E-state index < -0.39 is 0 Å². The molecule has 2 amide bonds. The summed E-state index contributed by atoms with van der Waals surface area (Å²) < 4.78 is 0. The van der Waals surface area contributed by atoms with Gasteiger partial charge in [0.05, 0.1) is 16.2 Å². The van der Waals surface area contributed by atoms with Gasteiger partial charge in [0.15, 0.2) is 0 Å². The molecule has 3 nitrogen and oxygen atoms in total. The van der Waals surface area contributed by atoms with Crippen molar-refractivity contribution in [3.8, 4) is 0 Å². The van der Waals surface area contributed by atoms with Crippen molar-refractivity contribution in [1.82, 2.24) is 0 Å². The highest BCUT2D eigenvalue weighted by atomic mass is 32.2. The van der Waals surface area contributed by atoms with Crippen molar-refractivity contribution < 1.29 is 9.59 Å². The fourth-order valence-electron chi connectivity index (χ4n) is 2.95. The third-order valence-electron chi connectivity index (χ3n) is 4.52. The van der Waals surface area contributed by atoms with Crippen molar-refractivity contribution in [2.24, 2.45) is 0 Å². The molecule has 4 rings (SSSR count). The predicted molar refractivity (Wildman–Crippen MR) is 112 cm³/mol. The maximum atomic E-state index is 13.3. The lowest BCUT2D eigenvalue weighted by Gasteiger charge is -2.16. The van der Waals surface area contributed by atoms with Crippen LogP contribution in [-0.2, 0) is 9.59 Å². The molecule has 3 aromatic rings. The number of amides is 2. The van der Waals surface area contributed by atoms with Crippen LogP contribution in [0, 0.1) is 13.8 Å². The summed E-state index contributed by atoms with van der Waals surface area (Å²) in [5.74, 6) is -0.523. The average Bonchev–Trinajstić information content (AvgIpc) is 3.26. The molecule has 2 aromatic carbocycles. The molecule has 1 aromatic heterocycles. The Bertz CT molecular complexity index is 1050. The van der Waals surface area contributed by atoms with E-state index in [0.717, 1.165) is 20.9 Å². The van der Waals surface area contributed by atoms with E-state index in [0.29, 0.717) is 16.2 Å². The SMILES string of the molecule is Cc1ccc(N2C(=O)C(Sc3ccccc3)=C(c3cccs3)C2=O)cc1C. The summed E-state index contributed by atoms with van der Waals surface area (Å²) in [6.07, 6.45) is 0. The fourth-order valence-corrected chi connectivity index (χ4v) is 4.79. The van der Waals surface area contributed by atoms with E-state index in [1.807, 2.05) is 79.9 Å². The second kappa shape index (κ2) is 7.18. The second-order valence-electron chi connectivity index (χ2n) is 6.31. The Morgan fingerprint density at radius 2 is 1.63 bits per heavy atom. The van der Waals surface area contributed by atoms with Crippen molar-refractivity contribution >= 4 is 46.2 Å². The van der Waals surface area contributed by atoms with E-state index in [4.69, 9.17) is 0 Å². The number of anilines is 1. The van der Waals surface area contributed by atoms with Gasteiger partial charge < -0.3 is 0 Å². The van der Waals surface area contributed by atoms with Gasteiger partial charge in [0.25, 0.3) is 11.8 Å². The van der Waals surface area contributed by atoms with E-state index >= 15 is 0 Å². The van der Waals surface area contributed by atoms with Crippen LogP contribution < -0.4 is 4.90 Å². The lowest BCUT2D eigenvalue weighted by atomic mass is 10.1. The Hall–Kier alpha value is -2.63. The smallest absolute Gasteiger partial charge is 0.268 e. The van der Waals surface area contributed by atoms with Gasteiger partial charge in [0.2, 0.25) is 0 Å². The summed E-state index contributed by atoms with van der Waals surface area (Å²) >= 11 is 2.82. The minimum absolute atomic E-state index is 0.260. The van der Waals surface area contributed by atoms with Crippen LogP contribution in [0.2, 0.25) is 0 Å².